The number of carbonyl (C=O) groups excluding carboxylic acids is 1. The molecule has 1 fully saturated rings. The van der Waals surface area contributed by atoms with E-state index in [1.165, 1.54) is 19.4 Å². The third-order valence-electron chi connectivity index (χ3n) is 4.22. The smallest absolute Gasteiger partial charge is 0.351 e. The highest BCUT2D eigenvalue weighted by molar-refractivity contribution is 6.03. The number of aliphatic hydroxyl groups excluding tert-OH is 3. The number of aliphatic hydroxyl groups is 3. The molecule has 0 aliphatic carbocycles. The van der Waals surface area contributed by atoms with Crippen molar-refractivity contribution in [2.45, 2.75) is 24.5 Å². The third-order valence-corrected chi connectivity index (χ3v) is 4.22. The van der Waals surface area contributed by atoms with Gasteiger partial charge in [-0.2, -0.15) is 4.98 Å². The summed E-state index contributed by atoms with van der Waals surface area (Å²) < 4.78 is 11.3. The van der Waals surface area contributed by atoms with Crippen molar-refractivity contribution in [3.8, 4) is 5.75 Å². The van der Waals surface area contributed by atoms with Crippen molar-refractivity contribution in [2.24, 2.45) is 0 Å². The van der Waals surface area contributed by atoms with Crippen LogP contribution in [0.25, 0.3) is 0 Å². The third kappa shape index (κ3) is 4.95. The molecular formula is C17H23N3O9. The molecule has 0 spiro atoms. The van der Waals surface area contributed by atoms with Gasteiger partial charge in [0.25, 0.3) is 5.91 Å². The summed E-state index contributed by atoms with van der Waals surface area (Å²) in [5.41, 5.74) is -0.442. The minimum absolute atomic E-state index is 0. The molecule has 1 aliphatic heterocycles. The van der Waals surface area contributed by atoms with Crippen molar-refractivity contribution in [3.05, 3.63) is 52.6 Å². The Bertz CT molecular complexity index is 871. The van der Waals surface area contributed by atoms with Crippen LogP contribution >= 0.6 is 0 Å². The number of aromatic nitrogens is 2. The Kier molecular flexibility index (Phi) is 8.39. The predicted molar refractivity (Wildman–Crippen MR) is 99.7 cm³/mol. The molecule has 12 heteroatoms. The first-order valence-corrected chi connectivity index (χ1v) is 8.11. The first-order chi connectivity index (χ1) is 12.9. The molecule has 8 N–H and O–H groups in total. The summed E-state index contributed by atoms with van der Waals surface area (Å²) in [4.78, 5) is 28.2. The van der Waals surface area contributed by atoms with Crippen LogP contribution in [0.5, 0.6) is 5.75 Å². The topological polar surface area (TPSA) is 206 Å². The lowest BCUT2D eigenvalue weighted by Crippen LogP contribution is -2.36. The molecule has 1 aromatic carbocycles. The molecule has 1 saturated heterocycles. The van der Waals surface area contributed by atoms with Gasteiger partial charge in [-0.1, -0.05) is 0 Å². The minimum Gasteiger partial charge on any atom is -0.497 e. The lowest BCUT2D eigenvalue weighted by atomic mass is 10.1. The maximum Gasteiger partial charge on any atom is 0.351 e. The highest BCUT2D eigenvalue weighted by Crippen LogP contribution is 2.28. The van der Waals surface area contributed by atoms with Crippen molar-refractivity contribution in [2.75, 3.05) is 19.0 Å². The highest BCUT2D eigenvalue weighted by atomic mass is 16.6. The first kappa shape index (κ1) is 24.2. The fourth-order valence-corrected chi connectivity index (χ4v) is 2.72. The van der Waals surface area contributed by atoms with Gasteiger partial charge in [0.1, 0.15) is 29.9 Å². The fraction of sp³-hybridized carbons (Fsp3) is 0.353. The maximum atomic E-state index is 12.2. The van der Waals surface area contributed by atoms with Gasteiger partial charge < -0.3 is 41.1 Å². The Morgan fingerprint density at radius 3 is 2.38 bits per heavy atom. The molecule has 0 unspecified atom stereocenters. The molecule has 2 heterocycles. The first-order valence-electron chi connectivity index (χ1n) is 8.11. The van der Waals surface area contributed by atoms with Gasteiger partial charge in [-0.25, -0.2) is 4.79 Å². The number of nitrogens with one attached hydrogen (secondary N) is 1. The molecule has 2 aromatic rings. The summed E-state index contributed by atoms with van der Waals surface area (Å²) in [7, 11) is 1.51. The molecule has 160 valence electrons. The number of rotatable bonds is 5. The second-order valence-corrected chi connectivity index (χ2v) is 5.91. The molecular weight excluding hydrogens is 390 g/mol. The van der Waals surface area contributed by atoms with E-state index in [1.807, 2.05) is 0 Å². The molecule has 1 amide bonds. The van der Waals surface area contributed by atoms with Crippen molar-refractivity contribution in [1.82, 2.24) is 9.55 Å². The number of ether oxygens (including phenoxy) is 2. The second-order valence-electron chi connectivity index (χ2n) is 5.91. The normalized spacial score (nSPS) is 22.9. The summed E-state index contributed by atoms with van der Waals surface area (Å²) in [6.45, 7) is -0.507. The summed E-state index contributed by atoms with van der Waals surface area (Å²) >= 11 is 0. The van der Waals surface area contributed by atoms with E-state index in [4.69, 9.17) is 14.6 Å². The molecule has 0 radical (unpaired) electrons. The van der Waals surface area contributed by atoms with Gasteiger partial charge in [0, 0.05) is 11.8 Å². The van der Waals surface area contributed by atoms with Crippen molar-refractivity contribution >= 4 is 11.7 Å². The van der Waals surface area contributed by atoms with Crippen LogP contribution < -0.4 is 15.7 Å². The zero-order chi connectivity index (χ0) is 19.6. The number of carbonyl (C=O) groups is 1. The van der Waals surface area contributed by atoms with Gasteiger partial charge in [-0.15, -0.1) is 0 Å². The van der Waals surface area contributed by atoms with Crippen LogP contribution in [0, 0.1) is 0 Å². The van der Waals surface area contributed by atoms with E-state index in [-0.39, 0.29) is 16.8 Å². The summed E-state index contributed by atoms with van der Waals surface area (Å²) in [6.07, 6.45) is -3.66. The van der Waals surface area contributed by atoms with Crippen LogP contribution in [0.4, 0.5) is 5.82 Å². The largest absolute Gasteiger partial charge is 0.497 e. The van der Waals surface area contributed by atoms with Crippen LogP contribution in [0.15, 0.2) is 41.3 Å². The minimum atomic E-state index is -1.40. The molecule has 29 heavy (non-hydrogen) atoms. The maximum absolute atomic E-state index is 12.2. The van der Waals surface area contributed by atoms with Crippen LogP contribution in [0.2, 0.25) is 0 Å². The number of hydrogen-bond acceptors (Lipinski definition) is 8. The van der Waals surface area contributed by atoms with E-state index >= 15 is 0 Å². The average Bonchev–Trinajstić information content (AvgIpc) is 2.96. The molecule has 4 atom stereocenters. The lowest BCUT2D eigenvalue weighted by molar-refractivity contribution is -0.0549. The van der Waals surface area contributed by atoms with Crippen molar-refractivity contribution in [1.29, 1.82) is 0 Å². The molecule has 0 bridgehead atoms. The summed E-state index contributed by atoms with van der Waals surface area (Å²) in [5.74, 6) is 0.157. The lowest BCUT2D eigenvalue weighted by Gasteiger charge is -2.17. The van der Waals surface area contributed by atoms with Crippen LogP contribution in [-0.4, -0.2) is 73.8 Å². The second kappa shape index (κ2) is 10.1. The van der Waals surface area contributed by atoms with E-state index in [2.05, 4.69) is 10.3 Å². The van der Waals surface area contributed by atoms with Crippen LogP contribution in [0.3, 0.4) is 0 Å². The number of methoxy groups -OCH3 is 1. The Balaban J connectivity index is 0.00000210. The summed E-state index contributed by atoms with van der Waals surface area (Å²) in [5, 5.41) is 31.4. The molecule has 1 aromatic heterocycles. The van der Waals surface area contributed by atoms with E-state index < -0.39 is 42.7 Å². The van der Waals surface area contributed by atoms with Gasteiger partial charge in [-0.3, -0.25) is 9.36 Å². The standard InChI is InChI=1S/C17H19N3O7.2H2O/c1-26-10-4-2-9(3-5-10)15(24)18-12-6-7-20(17(25)19-12)16-14(23)13(22)11(8-21)27-16;;/h2-7,11,13-14,16,21-23H,8H2,1H3,(H,18,19,24,25);2*1H2/t11-,13-,14-,16-;;/m1../s1. The van der Waals surface area contributed by atoms with E-state index in [0.29, 0.717) is 11.3 Å². The quantitative estimate of drug-likeness (QED) is 0.410. The van der Waals surface area contributed by atoms with Crippen LogP contribution in [-0.2, 0) is 4.74 Å². The predicted octanol–water partition coefficient (Wildman–Crippen LogP) is -2.53. The fourth-order valence-electron chi connectivity index (χ4n) is 2.72. The molecule has 1 aliphatic rings. The Hall–Kier alpha value is -2.87. The molecule has 3 rings (SSSR count). The van der Waals surface area contributed by atoms with Gasteiger partial charge >= 0.3 is 5.69 Å². The van der Waals surface area contributed by atoms with Crippen LogP contribution in [0.1, 0.15) is 16.6 Å². The van der Waals surface area contributed by atoms with E-state index in [1.54, 1.807) is 24.3 Å². The summed E-state index contributed by atoms with van der Waals surface area (Å²) in [6, 6.07) is 7.74. The van der Waals surface area contributed by atoms with E-state index in [0.717, 1.165) is 4.57 Å². The number of nitrogens with zero attached hydrogens (tertiary/aromatic N) is 2. The Morgan fingerprint density at radius 1 is 1.21 bits per heavy atom. The Morgan fingerprint density at radius 2 is 1.86 bits per heavy atom. The van der Waals surface area contributed by atoms with Gasteiger partial charge in [0.2, 0.25) is 0 Å². The molecule has 0 saturated carbocycles. The van der Waals surface area contributed by atoms with Gasteiger partial charge in [0.05, 0.1) is 13.7 Å². The number of anilines is 1. The number of amides is 1. The zero-order valence-corrected chi connectivity index (χ0v) is 15.3. The highest BCUT2D eigenvalue weighted by Gasteiger charge is 2.43. The van der Waals surface area contributed by atoms with Gasteiger partial charge in [-0.05, 0) is 30.3 Å². The molecule has 12 nitrogen and oxygen atoms in total. The monoisotopic (exact) mass is 413 g/mol. The number of benzene rings is 1. The van der Waals surface area contributed by atoms with Crippen molar-refractivity contribution < 1.29 is 40.5 Å². The Labute approximate surface area is 164 Å². The van der Waals surface area contributed by atoms with Crippen molar-refractivity contribution in [3.63, 3.8) is 0 Å². The zero-order valence-electron chi connectivity index (χ0n) is 15.3. The SMILES string of the molecule is COc1ccc(C(=O)Nc2ccn([C@@H]3O[C@H](CO)[C@@H](O)[C@H]3O)c(=O)n2)cc1.O.O. The number of hydrogen-bond donors (Lipinski definition) is 4. The van der Waals surface area contributed by atoms with E-state index in [9.17, 15) is 19.8 Å². The average molecular weight is 413 g/mol. The van der Waals surface area contributed by atoms with Gasteiger partial charge in [0.15, 0.2) is 6.23 Å².